The number of sulfone groups is 1. The van der Waals surface area contributed by atoms with Crippen molar-refractivity contribution in [2.24, 2.45) is 0 Å². The molecular formula is C15H24N2O4S2. The van der Waals surface area contributed by atoms with Crippen molar-refractivity contribution in [3.63, 3.8) is 0 Å². The van der Waals surface area contributed by atoms with E-state index >= 15 is 0 Å². The van der Waals surface area contributed by atoms with Crippen molar-refractivity contribution in [2.45, 2.75) is 42.5 Å². The quantitative estimate of drug-likeness (QED) is 0.823. The van der Waals surface area contributed by atoms with Crippen molar-refractivity contribution in [1.29, 1.82) is 0 Å². The summed E-state index contributed by atoms with van der Waals surface area (Å²) in [6.45, 7) is 5.48. The molecule has 1 N–H and O–H groups in total. The summed E-state index contributed by atoms with van der Waals surface area (Å²) in [4.78, 5) is 0.114. The Kier molecular flexibility index (Phi) is 5.50. The van der Waals surface area contributed by atoms with Crippen molar-refractivity contribution in [2.75, 3.05) is 25.9 Å². The molecule has 1 unspecified atom stereocenters. The number of aryl methyl sites for hydroxylation is 1. The van der Waals surface area contributed by atoms with Gasteiger partial charge >= 0.3 is 0 Å². The molecule has 0 saturated carbocycles. The summed E-state index contributed by atoms with van der Waals surface area (Å²) < 4.78 is 51.3. The molecule has 1 aromatic rings. The molecule has 23 heavy (non-hydrogen) atoms. The Morgan fingerprint density at radius 3 is 2.48 bits per heavy atom. The van der Waals surface area contributed by atoms with Crippen molar-refractivity contribution in [3.05, 3.63) is 23.8 Å². The van der Waals surface area contributed by atoms with Gasteiger partial charge in [0.05, 0.1) is 9.79 Å². The first-order chi connectivity index (χ1) is 10.7. The molecule has 1 fully saturated rings. The summed E-state index contributed by atoms with van der Waals surface area (Å²) in [7, 11) is -7.19. The van der Waals surface area contributed by atoms with E-state index in [1.54, 1.807) is 13.0 Å². The van der Waals surface area contributed by atoms with Gasteiger partial charge in [-0.1, -0.05) is 13.0 Å². The van der Waals surface area contributed by atoms with Crippen LogP contribution in [0.15, 0.2) is 28.0 Å². The summed E-state index contributed by atoms with van der Waals surface area (Å²) in [6.07, 6.45) is 2.56. The number of nitrogens with one attached hydrogen (secondary N) is 1. The SMILES string of the molecule is CCCN(C1CCNC1)S(=O)(=O)c1cc(S(C)(=O)=O)ccc1C. The average molecular weight is 361 g/mol. The third kappa shape index (κ3) is 3.93. The summed E-state index contributed by atoms with van der Waals surface area (Å²) in [5, 5.41) is 3.18. The van der Waals surface area contributed by atoms with Crippen LogP contribution in [0.1, 0.15) is 25.3 Å². The molecule has 1 heterocycles. The minimum Gasteiger partial charge on any atom is -0.315 e. The zero-order valence-corrected chi connectivity index (χ0v) is 15.4. The minimum atomic E-state index is -3.73. The largest absolute Gasteiger partial charge is 0.315 e. The highest BCUT2D eigenvalue weighted by Crippen LogP contribution is 2.26. The molecule has 0 aromatic heterocycles. The molecule has 2 rings (SSSR count). The van der Waals surface area contributed by atoms with Gasteiger partial charge in [0, 0.05) is 25.4 Å². The molecule has 0 aliphatic carbocycles. The third-order valence-electron chi connectivity index (χ3n) is 4.06. The Bertz CT molecular complexity index is 767. The van der Waals surface area contributed by atoms with Crippen LogP contribution in [0.4, 0.5) is 0 Å². The van der Waals surface area contributed by atoms with Crippen LogP contribution in [0.2, 0.25) is 0 Å². The Morgan fingerprint density at radius 2 is 1.96 bits per heavy atom. The Morgan fingerprint density at radius 1 is 1.26 bits per heavy atom. The fourth-order valence-corrected chi connectivity index (χ4v) is 5.54. The molecule has 0 radical (unpaired) electrons. The minimum absolute atomic E-state index is 0.0303. The molecule has 0 amide bonds. The molecule has 1 aromatic carbocycles. The number of hydrogen-bond acceptors (Lipinski definition) is 5. The van der Waals surface area contributed by atoms with Gasteiger partial charge in [-0.05, 0) is 44.0 Å². The predicted molar refractivity (Wildman–Crippen MR) is 89.7 cm³/mol. The van der Waals surface area contributed by atoms with E-state index in [1.807, 2.05) is 6.92 Å². The second-order valence-electron chi connectivity index (χ2n) is 5.96. The second kappa shape index (κ2) is 6.88. The van der Waals surface area contributed by atoms with Crippen LogP contribution < -0.4 is 5.32 Å². The van der Waals surface area contributed by atoms with Crippen LogP contribution >= 0.6 is 0 Å². The van der Waals surface area contributed by atoms with Crippen LogP contribution in [-0.2, 0) is 19.9 Å². The molecule has 130 valence electrons. The molecule has 1 saturated heterocycles. The van der Waals surface area contributed by atoms with Crippen molar-refractivity contribution in [3.8, 4) is 0 Å². The Balaban J connectivity index is 2.52. The van der Waals surface area contributed by atoms with Gasteiger partial charge < -0.3 is 5.32 Å². The third-order valence-corrected chi connectivity index (χ3v) is 7.26. The average Bonchev–Trinajstić information content (AvgIpc) is 2.97. The van der Waals surface area contributed by atoms with E-state index < -0.39 is 19.9 Å². The van der Waals surface area contributed by atoms with Crippen LogP contribution in [0.25, 0.3) is 0 Å². The summed E-state index contributed by atoms with van der Waals surface area (Å²) in [5.74, 6) is 0. The van der Waals surface area contributed by atoms with Gasteiger partial charge in [-0.25, -0.2) is 16.8 Å². The lowest BCUT2D eigenvalue weighted by molar-refractivity contribution is 0.335. The first kappa shape index (κ1) is 18.4. The Labute approximate surface area is 138 Å². The first-order valence-corrected chi connectivity index (χ1v) is 11.0. The topological polar surface area (TPSA) is 83.6 Å². The van der Waals surface area contributed by atoms with E-state index in [-0.39, 0.29) is 15.8 Å². The van der Waals surface area contributed by atoms with E-state index in [4.69, 9.17) is 0 Å². The van der Waals surface area contributed by atoms with Gasteiger partial charge in [0.15, 0.2) is 9.84 Å². The highest BCUT2D eigenvalue weighted by Gasteiger charge is 2.33. The maximum atomic E-state index is 13.1. The van der Waals surface area contributed by atoms with Gasteiger partial charge in [0.2, 0.25) is 10.0 Å². The highest BCUT2D eigenvalue weighted by atomic mass is 32.2. The molecule has 1 aliphatic rings. The zero-order valence-electron chi connectivity index (χ0n) is 13.7. The van der Waals surface area contributed by atoms with E-state index in [0.717, 1.165) is 19.2 Å². The van der Waals surface area contributed by atoms with Crippen LogP contribution in [-0.4, -0.2) is 53.1 Å². The lowest BCUT2D eigenvalue weighted by Crippen LogP contribution is -2.42. The fraction of sp³-hybridized carbons (Fsp3) is 0.600. The standard InChI is InChI=1S/C15H24N2O4S2/c1-4-9-17(13-7-8-16-11-13)23(20,21)15-10-14(22(3,18)19)6-5-12(15)2/h5-6,10,13,16H,4,7-9,11H2,1-3H3. The van der Waals surface area contributed by atoms with E-state index in [9.17, 15) is 16.8 Å². The van der Waals surface area contributed by atoms with E-state index in [1.165, 1.54) is 16.4 Å². The molecule has 6 nitrogen and oxygen atoms in total. The normalized spacial score (nSPS) is 19.4. The van der Waals surface area contributed by atoms with Gasteiger partial charge in [-0.3, -0.25) is 0 Å². The second-order valence-corrected chi connectivity index (χ2v) is 9.84. The van der Waals surface area contributed by atoms with Crippen molar-refractivity contribution >= 4 is 19.9 Å². The predicted octanol–water partition coefficient (Wildman–Crippen LogP) is 1.16. The van der Waals surface area contributed by atoms with Crippen LogP contribution in [0.3, 0.4) is 0 Å². The molecule has 0 bridgehead atoms. The van der Waals surface area contributed by atoms with Gasteiger partial charge in [-0.2, -0.15) is 4.31 Å². The van der Waals surface area contributed by atoms with E-state index in [2.05, 4.69) is 5.32 Å². The fourth-order valence-electron chi connectivity index (χ4n) is 2.82. The number of benzene rings is 1. The summed E-state index contributed by atoms with van der Waals surface area (Å²) in [6, 6.07) is 4.21. The van der Waals surface area contributed by atoms with Gasteiger partial charge in [0.1, 0.15) is 0 Å². The highest BCUT2D eigenvalue weighted by molar-refractivity contribution is 7.91. The molecular weight excluding hydrogens is 336 g/mol. The van der Waals surface area contributed by atoms with Crippen LogP contribution in [0, 0.1) is 6.92 Å². The maximum absolute atomic E-state index is 13.1. The number of rotatable bonds is 6. The summed E-state index contributed by atoms with van der Waals surface area (Å²) in [5.41, 5.74) is 0.560. The molecule has 8 heteroatoms. The van der Waals surface area contributed by atoms with E-state index in [0.29, 0.717) is 25.1 Å². The lowest BCUT2D eigenvalue weighted by atomic mass is 10.2. The summed E-state index contributed by atoms with van der Waals surface area (Å²) >= 11 is 0. The molecule has 0 spiro atoms. The first-order valence-electron chi connectivity index (χ1n) is 7.71. The van der Waals surface area contributed by atoms with Crippen LogP contribution in [0.5, 0.6) is 0 Å². The molecule has 1 aliphatic heterocycles. The lowest BCUT2D eigenvalue weighted by Gasteiger charge is -2.28. The number of nitrogens with zero attached hydrogens (tertiary/aromatic N) is 1. The van der Waals surface area contributed by atoms with Crippen molar-refractivity contribution in [1.82, 2.24) is 9.62 Å². The van der Waals surface area contributed by atoms with Gasteiger partial charge in [0.25, 0.3) is 0 Å². The number of sulfonamides is 1. The number of hydrogen-bond donors (Lipinski definition) is 1. The maximum Gasteiger partial charge on any atom is 0.243 e. The molecule has 1 atom stereocenters. The Hall–Kier alpha value is -0.960. The van der Waals surface area contributed by atoms with Gasteiger partial charge in [-0.15, -0.1) is 0 Å². The smallest absolute Gasteiger partial charge is 0.243 e. The monoisotopic (exact) mass is 360 g/mol. The van der Waals surface area contributed by atoms with Crippen molar-refractivity contribution < 1.29 is 16.8 Å². The zero-order chi connectivity index (χ0) is 17.3.